The Morgan fingerprint density at radius 3 is 0.926 bits per heavy atom. The van der Waals surface area contributed by atoms with E-state index in [1.165, 1.54) is 36.4 Å². The molecule has 3 amide bonds. The van der Waals surface area contributed by atoms with Crippen molar-refractivity contribution in [2.45, 2.75) is 0 Å². The summed E-state index contributed by atoms with van der Waals surface area (Å²) >= 11 is 0. The zero-order valence-electron chi connectivity index (χ0n) is 29.3. The Balaban J connectivity index is 1.32. The Hall–Kier alpha value is -7.08. The maximum Gasteiger partial charge on any atom is 0.338 e. The average molecular weight is 730 g/mol. The molecule has 0 aliphatic carbocycles. The molecule has 0 heterocycles. The maximum absolute atomic E-state index is 13.0. The number of rotatable bonds is 18. The molecule has 4 aromatic rings. The van der Waals surface area contributed by atoms with E-state index in [2.05, 4.69) is 16.0 Å². The van der Waals surface area contributed by atoms with Crippen LogP contribution in [0.2, 0.25) is 0 Å². The predicted octanol–water partition coefficient (Wildman–Crippen LogP) is 4.65. The lowest BCUT2D eigenvalue weighted by Gasteiger charge is -2.11. The van der Waals surface area contributed by atoms with Crippen LogP contribution in [0.25, 0.3) is 18.2 Å². The molecule has 0 saturated carbocycles. The summed E-state index contributed by atoms with van der Waals surface area (Å²) in [6.07, 6.45) is 8.97. The number of hydrogen-bond donors (Lipinski definition) is 3. The van der Waals surface area contributed by atoms with Crippen molar-refractivity contribution in [2.24, 2.45) is 0 Å². The van der Waals surface area contributed by atoms with Gasteiger partial charge in [0.05, 0.1) is 36.3 Å². The van der Waals surface area contributed by atoms with E-state index in [0.717, 1.165) is 16.7 Å². The van der Waals surface area contributed by atoms with Gasteiger partial charge in [0.1, 0.15) is 19.8 Å². The number of hydrogen-bond acceptors (Lipinski definition) is 9. The van der Waals surface area contributed by atoms with E-state index < -0.39 is 35.6 Å². The molecule has 12 heteroatoms. The summed E-state index contributed by atoms with van der Waals surface area (Å²) < 4.78 is 15.8. The minimum Gasteiger partial charge on any atom is -0.460 e. The van der Waals surface area contributed by atoms with Crippen LogP contribution in [0.4, 0.5) is 0 Å². The van der Waals surface area contributed by atoms with Gasteiger partial charge in [-0.3, -0.25) is 14.4 Å². The smallest absolute Gasteiger partial charge is 0.338 e. The Bertz CT molecular complexity index is 1740. The van der Waals surface area contributed by atoms with Gasteiger partial charge in [-0.05, 0) is 53.1 Å². The molecule has 276 valence electrons. The third-order valence-corrected chi connectivity index (χ3v) is 7.22. The van der Waals surface area contributed by atoms with Crippen LogP contribution in [-0.4, -0.2) is 75.1 Å². The van der Waals surface area contributed by atoms with Crippen LogP contribution in [0.3, 0.4) is 0 Å². The summed E-state index contributed by atoms with van der Waals surface area (Å²) in [6.45, 7) is -0.602. The lowest BCUT2D eigenvalue weighted by molar-refractivity contribution is -0.117. The molecule has 0 aliphatic heterocycles. The van der Waals surface area contributed by atoms with Gasteiger partial charge < -0.3 is 30.2 Å². The van der Waals surface area contributed by atoms with Crippen molar-refractivity contribution in [3.05, 3.63) is 161 Å². The summed E-state index contributed by atoms with van der Waals surface area (Å²) in [5.41, 5.74) is 2.08. The highest BCUT2D eigenvalue weighted by atomic mass is 16.5. The van der Waals surface area contributed by atoms with E-state index in [0.29, 0.717) is 0 Å². The third-order valence-electron chi connectivity index (χ3n) is 7.22. The lowest BCUT2D eigenvalue weighted by atomic mass is 10.1. The van der Waals surface area contributed by atoms with Crippen molar-refractivity contribution < 1.29 is 43.0 Å². The zero-order chi connectivity index (χ0) is 38.4. The average Bonchev–Trinajstić information content (AvgIpc) is 3.21. The van der Waals surface area contributed by atoms with E-state index in [9.17, 15) is 28.8 Å². The molecule has 0 aliphatic rings. The van der Waals surface area contributed by atoms with Crippen LogP contribution in [0.15, 0.2) is 127 Å². The van der Waals surface area contributed by atoms with Crippen molar-refractivity contribution in [2.75, 3.05) is 39.5 Å². The number of nitrogens with one attached hydrogen (secondary N) is 3. The van der Waals surface area contributed by atoms with Crippen LogP contribution in [0.5, 0.6) is 0 Å². The Kier molecular flexibility index (Phi) is 16.2. The first-order valence-electron chi connectivity index (χ1n) is 17.0. The second kappa shape index (κ2) is 22.0. The van der Waals surface area contributed by atoms with Gasteiger partial charge in [-0.15, -0.1) is 0 Å². The van der Waals surface area contributed by atoms with Crippen LogP contribution < -0.4 is 16.0 Å². The number of ether oxygens (including phenoxy) is 3. The maximum atomic E-state index is 13.0. The van der Waals surface area contributed by atoms with Gasteiger partial charge in [0, 0.05) is 18.2 Å². The monoisotopic (exact) mass is 729 g/mol. The minimum absolute atomic E-state index is 0.00114. The normalized spacial score (nSPS) is 10.9. The van der Waals surface area contributed by atoms with Gasteiger partial charge in [0.15, 0.2) is 0 Å². The standard InChI is InChI=1S/C42H39N3O9/c46-37(19-16-31-10-4-1-5-11-31)43-22-25-52-40(49)34-28-35(41(50)53-26-23-44-38(47)20-17-32-12-6-2-7-13-32)30-36(29-34)42(51)54-27-24-45-39(48)21-18-33-14-8-3-9-15-33/h1-21,28-30H,22-27H2,(H,43,46)(H,44,47)(H,45,48)/b19-16+,20-17+,21-18+. The summed E-state index contributed by atoms with van der Waals surface area (Å²) in [5, 5.41) is 7.82. The van der Waals surface area contributed by atoms with Gasteiger partial charge in [-0.2, -0.15) is 0 Å². The number of benzene rings is 4. The van der Waals surface area contributed by atoms with Crippen LogP contribution >= 0.6 is 0 Å². The number of amides is 3. The van der Waals surface area contributed by atoms with Crippen LogP contribution in [0.1, 0.15) is 47.8 Å². The Labute approximate surface area is 312 Å². The van der Waals surface area contributed by atoms with Crippen molar-refractivity contribution in [1.82, 2.24) is 16.0 Å². The molecule has 0 unspecified atom stereocenters. The fourth-order valence-electron chi connectivity index (χ4n) is 4.57. The third kappa shape index (κ3) is 14.6. The predicted molar refractivity (Wildman–Crippen MR) is 203 cm³/mol. The minimum atomic E-state index is -0.872. The largest absolute Gasteiger partial charge is 0.460 e. The SMILES string of the molecule is O=C(/C=C/c1ccccc1)NCCOC(=O)c1cc(C(=O)OCCNC(=O)/C=C/c2ccccc2)cc(C(=O)OCCNC(=O)/C=C/c2ccccc2)c1. The summed E-state index contributed by atoms with van der Waals surface area (Å²) in [6, 6.07) is 31.3. The molecule has 0 fully saturated rings. The summed E-state index contributed by atoms with van der Waals surface area (Å²) in [5.74, 6) is -3.79. The highest BCUT2D eigenvalue weighted by molar-refractivity contribution is 6.00. The van der Waals surface area contributed by atoms with E-state index >= 15 is 0 Å². The molecule has 0 radical (unpaired) electrons. The second-order valence-electron chi connectivity index (χ2n) is 11.3. The molecule has 54 heavy (non-hydrogen) atoms. The molecule has 0 spiro atoms. The van der Waals surface area contributed by atoms with Gasteiger partial charge in [0.25, 0.3) is 0 Å². The Morgan fingerprint density at radius 1 is 0.407 bits per heavy atom. The van der Waals surface area contributed by atoms with E-state index in [1.807, 2.05) is 91.0 Å². The molecule has 3 N–H and O–H groups in total. The number of carbonyl (C=O) groups excluding carboxylic acids is 6. The van der Waals surface area contributed by atoms with Gasteiger partial charge in [0.2, 0.25) is 17.7 Å². The Morgan fingerprint density at radius 2 is 0.667 bits per heavy atom. The van der Waals surface area contributed by atoms with Crippen molar-refractivity contribution in [3.8, 4) is 0 Å². The number of esters is 3. The van der Waals surface area contributed by atoms with Gasteiger partial charge in [-0.1, -0.05) is 91.0 Å². The highest BCUT2D eigenvalue weighted by Gasteiger charge is 2.19. The quantitative estimate of drug-likeness (QED) is 0.0572. The van der Waals surface area contributed by atoms with Crippen molar-refractivity contribution >= 4 is 53.9 Å². The first-order valence-corrected chi connectivity index (χ1v) is 17.0. The highest BCUT2D eigenvalue weighted by Crippen LogP contribution is 2.15. The molecule has 0 atom stereocenters. The van der Waals surface area contributed by atoms with Gasteiger partial charge in [-0.25, -0.2) is 14.4 Å². The van der Waals surface area contributed by atoms with E-state index in [4.69, 9.17) is 14.2 Å². The number of carbonyl (C=O) groups is 6. The topological polar surface area (TPSA) is 166 Å². The van der Waals surface area contributed by atoms with E-state index in [-0.39, 0.29) is 56.1 Å². The second-order valence-corrected chi connectivity index (χ2v) is 11.3. The molecule has 0 aromatic heterocycles. The molecular formula is C42H39N3O9. The lowest BCUT2D eigenvalue weighted by Crippen LogP contribution is -2.27. The molecule has 12 nitrogen and oxygen atoms in total. The fraction of sp³-hybridized carbons (Fsp3) is 0.143. The first kappa shape index (κ1) is 39.7. The van der Waals surface area contributed by atoms with Crippen LogP contribution in [0, 0.1) is 0 Å². The summed E-state index contributed by atoms with van der Waals surface area (Å²) in [7, 11) is 0. The van der Waals surface area contributed by atoms with Crippen molar-refractivity contribution in [1.29, 1.82) is 0 Å². The zero-order valence-corrected chi connectivity index (χ0v) is 29.3. The fourth-order valence-corrected chi connectivity index (χ4v) is 4.57. The molecule has 0 saturated heterocycles. The van der Waals surface area contributed by atoms with Gasteiger partial charge >= 0.3 is 17.9 Å². The van der Waals surface area contributed by atoms with Crippen LogP contribution in [-0.2, 0) is 28.6 Å². The molecular weight excluding hydrogens is 690 g/mol. The van der Waals surface area contributed by atoms with E-state index in [1.54, 1.807) is 18.2 Å². The molecule has 4 aromatic carbocycles. The molecule has 0 bridgehead atoms. The molecule has 4 rings (SSSR count). The summed E-state index contributed by atoms with van der Waals surface area (Å²) in [4.78, 5) is 75.4. The van der Waals surface area contributed by atoms with Crippen molar-refractivity contribution in [3.63, 3.8) is 0 Å². The first-order chi connectivity index (χ1) is 26.3.